The zero-order chi connectivity index (χ0) is 13.2. The van der Waals surface area contributed by atoms with Gasteiger partial charge in [0.05, 0.1) is 6.61 Å². The van der Waals surface area contributed by atoms with Crippen LogP contribution in [0.4, 0.5) is 0 Å². The second-order valence-corrected chi connectivity index (χ2v) is 4.18. The number of aliphatic hydroxyl groups excluding tert-OH is 1. The van der Waals surface area contributed by atoms with E-state index in [-0.39, 0.29) is 12.4 Å². The highest BCUT2D eigenvalue weighted by Gasteiger charge is 2.05. The molecule has 0 bridgehead atoms. The molecule has 0 aliphatic heterocycles. The Morgan fingerprint density at radius 1 is 1.22 bits per heavy atom. The van der Waals surface area contributed by atoms with E-state index < -0.39 is 0 Å². The van der Waals surface area contributed by atoms with Crippen molar-refractivity contribution < 1.29 is 10.3 Å². The molecule has 0 aromatic heterocycles. The first-order valence-corrected chi connectivity index (χ1v) is 6.09. The summed E-state index contributed by atoms with van der Waals surface area (Å²) in [5, 5.41) is 20.4. The largest absolute Gasteiger partial charge is 0.409 e. The molecule has 1 aromatic rings. The third kappa shape index (κ3) is 5.65. The minimum absolute atomic E-state index is 0.135. The average molecular weight is 251 g/mol. The molecule has 0 fully saturated rings. The van der Waals surface area contributed by atoms with Gasteiger partial charge in [-0.3, -0.25) is 4.90 Å². The SMILES string of the molecule is NC(CCCN(CCO)Cc1ccccc1)=NO. The lowest BCUT2D eigenvalue weighted by Crippen LogP contribution is -2.28. The highest BCUT2D eigenvalue weighted by atomic mass is 16.4. The zero-order valence-electron chi connectivity index (χ0n) is 10.5. The van der Waals surface area contributed by atoms with E-state index in [1.54, 1.807) is 0 Å². The van der Waals surface area contributed by atoms with Crippen LogP contribution in [0.25, 0.3) is 0 Å². The lowest BCUT2D eigenvalue weighted by molar-refractivity contribution is 0.189. The van der Waals surface area contributed by atoms with Crippen LogP contribution in [0.15, 0.2) is 35.5 Å². The van der Waals surface area contributed by atoms with Crippen LogP contribution in [-0.2, 0) is 6.54 Å². The fraction of sp³-hybridized carbons (Fsp3) is 0.462. The van der Waals surface area contributed by atoms with E-state index in [2.05, 4.69) is 22.2 Å². The monoisotopic (exact) mass is 251 g/mol. The zero-order valence-corrected chi connectivity index (χ0v) is 10.5. The second-order valence-electron chi connectivity index (χ2n) is 4.18. The number of amidine groups is 1. The molecule has 0 amide bonds. The topological polar surface area (TPSA) is 82.1 Å². The quantitative estimate of drug-likeness (QED) is 0.279. The summed E-state index contributed by atoms with van der Waals surface area (Å²) in [6, 6.07) is 10.1. The third-order valence-electron chi connectivity index (χ3n) is 2.70. The van der Waals surface area contributed by atoms with Crippen LogP contribution in [-0.4, -0.2) is 40.7 Å². The predicted octanol–water partition coefficient (Wildman–Crippen LogP) is 1.01. The van der Waals surface area contributed by atoms with Gasteiger partial charge < -0.3 is 16.0 Å². The van der Waals surface area contributed by atoms with Gasteiger partial charge in [-0.25, -0.2) is 0 Å². The van der Waals surface area contributed by atoms with Crippen molar-refractivity contribution >= 4 is 5.84 Å². The van der Waals surface area contributed by atoms with Crippen LogP contribution in [0.1, 0.15) is 18.4 Å². The highest BCUT2D eigenvalue weighted by molar-refractivity contribution is 5.79. The van der Waals surface area contributed by atoms with Gasteiger partial charge in [-0.1, -0.05) is 35.5 Å². The molecule has 5 heteroatoms. The maximum absolute atomic E-state index is 9.04. The molecule has 4 N–H and O–H groups in total. The Morgan fingerprint density at radius 3 is 2.56 bits per heavy atom. The highest BCUT2D eigenvalue weighted by Crippen LogP contribution is 2.05. The van der Waals surface area contributed by atoms with Crippen molar-refractivity contribution in [3.05, 3.63) is 35.9 Å². The molecule has 0 atom stereocenters. The minimum atomic E-state index is 0.135. The second kappa shape index (κ2) is 8.49. The molecule has 0 unspecified atom stereocenters. The standard InChI is InChI=1S/C13H21N3O2/c14-13(15-18)7-4-8-16(9-10-17)11-12-5-2-1-3-6-12/h1-3,5-6,17-18H,4,7-11H2,(H2,14,15). The van der Waals surface area contributed by atoms with Gasteiger partial charge in [0.2, 0.25) is 0 Å². The molecule has 1 aromatic carbocycles. The number of nitrogens with zero attached hydrogens (tertiary/aromatic N) is 2. The summed E-state index contributed by atoms with van der Waals surface area (Å²) in [5.41, 5.74) is 6.64. The Kier molecular flexibility index (Phi) is 6.83. The molecule has 0 saturated heterocycles. The fourth-order valence-corrected chi connectivity index (χ4v) is 1.79. The summed E-state index contributed by atoms with van der Waals surface area (Å²) in [7, 11) is 0. The Morgan fingerprint density at radius 2 is 1.94 bits per heavy atom. The number of hydrogen-bond donors (Lipinski definition) is 3. The number of rotatable bonds is 8. The fourth-order valence-electron chi connectivity index (χ4n) is 1.79. The Balaban J connectivity index is 2.40. The van der Waals surface area contributed by atoms with Gasteiger partial charge in [0.25, 0.3) is 0 Å². The molecule has 0 saturated carbocycles. The van der Waals surface area contributed by atoms with E-state index in [0.29, 0.717) is 13.0 Å². The Hall–Kier alpha value is -1.59. The van der Waals surface area contributed by atoms with Crippen LogP contribution in [0.2, 0.25) is 0 Å². The molecule has 0 heterocycles. The van der Waals surface area contributed by atoms with E-state index in [9.17, 15) is 0 Å². The van der Waals surface area contributed by atoms with E-state index in [4.69, 9.17) is 16.0 Å². The minimum Gasteiger partial charge on any atom is -0.409 e. The molecule has 0 aliphatic rings. The molecule has 0 radical (unpaired) electrons. The van der Waals surface area contributed by atoms with Gasteiger partial charge in [0, 0.05) is 19.5 Å². The van der Waals surface area contributed by atoms with Gasteiger partial charge in [0.15, 0.2) is 0 Å². The first kappa shape index (κ1) is 14.5. The predicted molar refractivity (Wildman–Crippen MR) is 71.4 cm³/mol. The van der Waals surface area contributed by atoms with Crippen molar-refractivity contribution in [2.24, 2.45) is 10.9 Å². The van der Waals surface area contributed by atoms with Crippen molar-refractivity contribution in [1.29, 1.82) is 0 Å². The van der Waals surface area contributed by atoms with Crippen molar-refractivity contribution in [3.63, 3.8) is 0 Å². The van der Waals surface area contributed by atoms with Gasteiger partial charge in [-0.2, -0.15) is 0 Å². The van der Waals surface area contributed by atoms with Crippen LogP contribution in [0, 0.1) is 0 Å². The number of benzene rings is 1. The molecule has 5 nitrogen and oxygen atoms in total. The van der Waals surface area contributed by atoms with Gasteiger partial charge in [-0.15, -0.1) is 0 Å². The summed E-state index contributed by atoms with van der Waals surface area (Å²) in [5.74, 6) is 0.249. The molecule has 18 heavy (non-hydrogen) atoms. The lowest BCUT2D eigenvalue weighted by atomic mass is 10.2. The van der Waals surface area contributed by atoms with Crippen LogP contribution in [0.5, 0.6) is 0 Å². The number of oxime groups is 1. The first-order valence-electron chi connectivity index (χ1n) is 6.09. The van der Waals surface area contributed by atoms with Crippen LogP contribution in [0.3, 0.4) is 0 Å². The summed E-state index contributed by atoms with van der Waals surface area (Å²) in [6.07, 6.45) is 1.37. The lowest BCUT2D eigenvalue weighted by Gasteiger charge is -2.21. The molecule has 100 valence electrons. The van der Waals surface area contributed by atoms with Crippen LogP contribution >= 0.6 is 0 Å². The maximum atomic E-state index is 9.04. The molecular formula is C13H21N3O2. The third-order valence-corrected chi connectivity index (χ3v) is 2.70. The molecule has 0 aliphatic carbocycles. The van der Waals surface area contributed by atoms with E-state index >= 15 is 0 Å². The van der Waals surface area contributed by atoms with Crippen molar-refractivity contribution in [1.82, 2.24) is 4.90 Å². The molecule has 1 rings (SSSR count). The summed E-state index contributed by atoms with van der Waals surface area (Å²) in [6.45, 7) is 2.38. The Labute approximate surface area is 108 Å². The first-order chi connectivity index (χ1) is 8.76. The van der Waals surface area contributed by atoms with E-state index in [0.717, 1.165) is 19.5 Å². The Bertz CT molecular complexity index is 355. The van der Waals surface area contributed by atoms with Crippen molar-refractivity contribution in [3.8, 4) is 0 Å². The number of nitrogens with two attached hydrogens (primary N) is 1. The maximum Gasteiger partial charge on any atom is 0.139 e. The van der Waals surface area contributed by atoms with E-state index in [1.807, 2.05) is 18.2 Å². The van der Waals surface area contributed by atoms with E-state index in [1.165, 1.54) is 5.56 Å². The molecular weight excluding hydrogens is 230 g/mol. The summed E-state index contributed by atoms with van der Waals surface area (Å²) >= 11 is 0. The molecule has 0 spiro atoms. The summed E-state index contributed by atoms with van der Waals surface area (Å²) in [4.78, 5) is 2.15. The van der Waals surface area contributed by atoms with Gasteiger partial charge in [0.1, 0.15) is 5.84 Å². The average Bonchev–Trinajstić information content (AvgIpc) is 2.40. The van der Waals surface area contributed by atoms with Gasteiger partial charge >= 0.3 is 0 Å². The van der Waals surface area contributed by atoms with Gasteiger partial charge in [-0.05, 0) is 18.5 Å². The van der Waals surface area contributed by atoms with Crippen molar-refractivity contribution in [2.45, 2.75) is 19.4 Å². The smallest absolute Gasteiger partial charge is 0.139 e. The van der Waals surface area contributed by atoms with Crippen LogP contribution < -0.4 is 5.73 Å². The summed E-state index contributed by atoms with van der Waals surface area (Å²) < 4.78 is 0. The number of aliphatic hydroxyl groups is 1. The number of hydrogen-bond acceptors (Lipinski definition) is 4. The van der Waals surface area contributed by atoms with Crippen molar-refractivity contribution in [2.75, 3.05) is 19.7 Å². The normalized spacial score (nSPS) is 12.0.